The first kappa shape index (κ1) is 19.7. The van der Waals surface area contributed by atoms with E-state index in [0.29, 0.717) is 22.5 Å². The number of nitrogens with zero attached hydrogens (tertiary/aromatic N) is 2. The van der Waals surface area contributed by atoms with Gasteiger partial charge in [0.1, 0.15) is 0 Å². The van der Waals surface area contributed by atoms with E-state index in [2.05, 4.69) is 23.7 Å². The number of benzene rings is 2. The van der Waals surface area contributed by atoms with Crippen molar-refractivity contribution < 1.29 is 8.42 Å². The van der Waals surface area contributed by atoms with Gasteiger partial charge in [-0.15, -0.1) is 0 Å². The van der Waals surface area contributed by atoms with E-state index in [1.807, 2.05) is 18.2 Å². The van der Waals surface area contributed by atoms with E-state index in [1.54, 1.807) is 41.2 Å². The lowest BCUT2D eigenvalue weighted by atomic mass is 10.0. The first-order valence-electron chi connectivity index (χ1n) is 8.35. The Morgan fingerprint density at radius 3 is 2.41 bits per heavy atom. The summed E-state index contributed by atoms with van der Waals surface area (Å²) in [5.74, 6) is 0.582. The van der Waals surface area contributed by atoms with Crippen molar-refractivity contribution in [3.63, 3.8) is 0 Å². The second-order valence-electron chi connectivity index (χ2n) is 6.46. The molecule has 0 aliphatic heterocycles. The second kappa shape index (κ2) is 7.92. The first-order chi connectivity index (χ1) is 12.7. The average molecular weight is 424 g/mol. The second-order valence-corrected chi connectivity index (χ2v) is 8.99. The van der Waals surface area contributed by atoms with Gasteiger partial charge in [-0.25, -0.2) is 8.42 Å². The minimum absolute atomic E-state index is 0.196. The Balaban J connectivity index is 1.74. The maximum Gasteiger partial charge on any atom is 0.263 e. The molecule has 3 aromatic rings. The number of rotatable bonds is 6. The van der Waals surface area contributed by atoms with Gasteiger partial charge in [0.15, 0.2) is 5.82 Å². The van der Waals surface area contributed by atoms with Crippen molar-refractivity contribution in [3.8, 4) is 0 Å². The number of sulfonamides is 1. The summed E-state index contributed by atoms with van der Waals surface area (Å²) < 4.78 is 29.2. The van der Waals surface area contributed by atoms with Crippen LogP contribution in [0.5, 0.6) is 0 Å². The Morgan fingerprint density at radius 1 is 1.07 bits per heavy atom. The molecule has 0 amide bonds. The maximum atomic E-state index is 12.5. The van der Waals surface area contributed by atoms with Crippen molar-refractivity contribution in [2.75, 3.05) is 4.72 Å². The number of hydrogen-bond donors (Lipinski definition) is 1. The van der Waals surface area contributed by atoms with Gasteiger partial charge in [-0.3, -0.25) is 9.40 Å². The van der Waals surface area contributed by atoms with E-state index in [9.17, 15) is 8.42 Å². The van der Waals surface area contributed by atoms with Crippen LogP contribution in [0.2, 0.25) is 10.0 Å². The topological polar surface area (TPSA) is 64.0 Å². The average Bonchev–Trinajstić information content (AvgIpc) is 3.04. The van der Waals surface area contributed by atoms with E-state index in [1.165, 1.54) is 0 Å². The van der Waals surface area contributed by atoms with E-state index in [4.69, 9.17) is 23.2 Å². The predicted molar refractivity (Wildman–Crippen MR) is 109 cm³/mol. The van der Waals surface area contributed by atoms with Crippen molar-refractivity contribution in [3.05, 3.63) is 75.9 Å². The van der Waals surface area contributed by atoms with Gasteiger partial charge in [0.05, 0.1) is 11.4 Å². The maximum absolute atomic E-state index is 12.5. The lowest BCUT2D eigenvalue weighted by Gasteiger charge is -2.09. The van der Waals surface area contributed by atoms with E-state index in [-0.39, 0.29) is 10.7 Å². The summed E-state index contributed by atoms with van der Waals surface area (Å²) in [7, 11) is -3.70. The Kier molecular flexibility index (Phi) is 5.79. The highest BCUT2D eigenvalue weighted by molar-refractivity contribution is 7.92. The summed E-state index contributed by atoms with van der Waals surface area (Å²) in [4.78, 5) is 0.196. The number of anilines is 1. The largest absolute Gasteiger partial charge is 0.266 e. The Bertz CT molecular complexity index is 1050. The highest BCUT2D eigenvalue weighted by atomic mass is 35.5. The molecule has 0 saturated carbocycles. The molecule has 0 fully saturated rings. The highest BCUT2D eigenvalue weighted by Crippen LogP contribution is 2.22. The van der Waals surface area contributed by atoms with Crippen LogP contribution < -0.4 is 4.72 Å². The van der Waals surface area contributed by atoms with Crippen LogP contribution in [0, 0.1) is 0 Å². The lowest BCUT2D eigenvalue weighted by Crippen LogP contribution is -2.14. The third kappa shape index (κ3) is 4.83. The van der Waals surface area contributed by atoms with Crippen LogP contribution >= 0.6 is 23.2 Å². The fourth-order valence-electron chi connectivity index (χ4n) is 2.56. The van der Waals surface area contributed by atoms with Gasteiger partial charge in [-0.1, -0.05) is 55.2 Å². The Hall–Kier alpha value is -2.02. The van der Waals surface area contributed by atoms with Crippen molar-refractivity contribution in [2.24, 2.45) is 0 Å². The number of nitrogens with one attached hydrogen (secondary N) is 1. The standard InChI is InChI=1S/C19H19Cl2N3O2S/c1-13(2)14-4-7-17(8-5-14)27(25,26)23-19-9-10-24(22-19)12-15-3-6-16(20)11-18(15)21/h3-11,13H,12H2,1-2H3,(H,22,23). The molecule has 0 radical (unpaired) electrons. The fourth-order valence-corrected chi connectivity index (χ4v) is 4.02. The van der Waals surface area contributed by atoms with Gasteiger partial charge >= 0.3 is 0 Å². The van der Waals surface area contributed by atoms with Gasteiger partial charge in [0.25, 0.3) is 10.0 Å². The lowest BCUT2D eigenvalue weighted by molar-refractivity contribution is 0.600. The summed E-state index contributed by atoms with van der Waals surface area (Å²) in [6.45, 7) is 4.52. The van der Waals surface area contributed by atoms with E-state index in [0.717, 1.165) is 11.1 Å². The van der Waals surface area contributed by atoms with Gasteiger partial charge in [-0.2, -0.15) is 5.10 Å². The molecule has 0 atom stereocenters. The van der Waals surface area contributed by atoms with Crippen LogP contribution in [0.4, 0.5) is 5.82 Å². The monoisotopic (exact) mass is 423 g/mol. The summed E-state index contributed by atoms with van der Waals surface area (Å²) in [6.07, 6.45) is 1.69. The van der Waals surface area contributed by atoms with Crippen LogP contribution in [0.3, 0.4) is 0 Å². The molecule has 8 heteroatoms. The summed E-state index contributed by atoms with van der Waals surface area (Å²) in [6, 6.07) is 13.7. The number of halogens is 2. The normalized spacial score (nSPS) is 11.7. The van der Waals surface area contributed by atoms with Crippen LogP contribution in [-0.2, 0) is 16.6 Å². The van der Waals surface area contributed by atoms with Crippen LogP contribution in [0.15, 0.2) is 59.6 Å². The highest BCUT2D eigenvalue weighted by Gasteiger charge is 2.16. The molecule has 1 N–H and O–H groups in total. The Labute approximate surface area is 169 Å². The molecule has 142 valence electrons. The van der Waals surface area contributed by atoms with Gasteiger partial charge in [-0.05, 0) is 41.3 Å². The molecule has 3 rings (SSSR count). The van der Waals surface area contributed by atoms with Crippen molar-refractivity contribution in [1.29, 1.82) is 0 Å². The fraction of sp³-hybridized carbons (Fsp3) is 0.211. The quantitative estimate of drug-likeness (QED) is 0.594. The molecular weight excluding hydrogens is 405 g/mol. The number of aromatic nitrogens is 2. The molecule has 2 aromatic carbocycles. The molecule has 0 saturated heterocycles. The third-order valence-electron chi connectivity index (χ3n) is 4.08. The molecule has 0 spiro atoms. The van der Waals surface area contributed by atoms with Crippen molar-refractivity contribution in [1.82, 2.24) is 9.78 Å². The van der Waals surface area contributed by atoms with E-state index >= 15 is 0 Å². The minimum atomic E-state index is -3.70. The summed E-state index contributed by atoms with van der Waals surface area (Å²) in [5.41, 5.74) is 1.92. The third-order valence-corrected chi connectivity index (χ3v) is 6.04. The minimum Gasteiger partial charge on any atom is -0.266 e. The van der Waals surface area contributed by atoms with Crippen molar-refractivity contribution >= 4 is 39.0 Å². The summed E-state index contributed by atoms with van der Waals surface area (Å²) >= 11 is 12.1. The van der Waals surface area contributed by atoms with Crippen LogP contribution in [0.1, 0.15) is 30.9 Å². The smallest absolute Gasteiger partial charge is 0.263 e. The first-order valence-corrected chi connectivity index (χ1v) is 10.6. The SMILES string of the molecule is CC(C)c1ccc(S(=O)(=O)Nc2ccn(Cc3ccc(Cl)cc3Cl)n2)cc1. The van der Waals surface area contributed by atoms with Crippen LogP contribution in [-0.4, -0.2) is 18.2 Å². The number of hydrogen-bond acceptors (Lipinski definition) is 3. The zero-order valence-corrected chi connectivity index (χ0v) is 17.2. The van der Waals surface area contributed by atoms with Crippen LogP contribution in [0.25, 0.3) is 0 Å². The predicted octanol–water partition coefficient (Wildman–Crippen LogP) is 5.16. The molecule has 27 heavy (non-hydrogen) atoms. The zero-order chi connectivity index (χ0) is 19.6. The molecule has 0 aliphatic rings. The molecule has 0 unspecified atom stereocenters. The van der Waals surface area contributed by atoms with Crippen molar-refractivity contribution in [2.45, 2.75) is 31.2 Å². The Morgan fingerprint density at radius 2 is 1.78 bits per heavy atom. The van der Waals surface area contributed by atoms with Gasteiger partial charge < -0.3 is 0 Å². The molecule has 0 bridgehead atoms. The molecule has 5 nitrogen and oxygen atoms in total. The molecular formula is C19H19Cl2N3O2S. The summed E-state index contributed by atoms with van der Waals surface area (Å²) in [5, 5.41) is 5.35. The molecule has 1 aromatic heterocycles. The van der Waals surface area contributed by atoms with E-state index < -0.39 is 10.0 Å². The molecule has 1 heterocycles. The van der Waals surface area contributed by atoms with Gasteiger partial charge in [0.2, 0.25) is 0 Å². The zero-order valence-electron chi connectivity index (χ0n) is 14.9. The van der Waals surface area contributed by atoms with Gasteiger partial charge in [0, 0.05) is 22.3 Å². The molecule has 0 aliphatic carbocycles.